The number of hydrogen-bond acceptors (Lipinski definition) is 9. The van der Waals surface area contributed by atoms with Gasteiger partial charge in [-0.05, 0) is 18.6 Å². The minimum Gasteiger partial charge on any atom is -0.507 e. The number of allylic oxidation sites excluding steroid dienone is 1. The maximum absolute atomic E-state index is 12.7. The average Bonchev–Trinajstić information content (AvgIpc) is 2.80. The number of aromatic hydroxyl groups is 1. The summed E-state index contributed by atoms with van der Waals surface area (Å²) in [6.45, 7) is 3.41. The summed E-state index contributed by atoms with van der Waals surface area (Å²) >= 11 is 0. The van der Waals surface area contributed by atoms with Crippen LogP contribution in [0, 0.1) is 0 Å². The molecule has 3 N–H and O–H groups in total. The van der Waals surface area contributed by atoms with E-state index in [-0.39, 0.29) is 30.8 Å². The summed E-state index contributed by atoms with van der Waals surface area (Å²) in [5, 5.41) is 30.1. The summed E-state index contributed by atoms with van der Waals surface area (Å²) in [6.07, 6.45) is -0.929. The molecule has 2 rings (SSSR count). The highest BCUT2D eigenvalue weighted by molar-refractivity contribution is 5.92. The predicted molar refractivity (Wildman–Crippen MR) is 117 cm³/mol. The molecule has 1 heterocycles. The number of hydrogen-bond donors (Lipinski definition) is 3. The zero-order valence-electron chi connectivity index (χ0n) is 18.3. The number of ether oxygens (including phenoxy) is 2. The molecule has 2 unspecified atom stereocenters. The molecule has 0 aliphatic rings. The van der Waals surface area contributed by atoms with E-state index in [4.69, 9.17) is 9.47 Å². The molecule has 0 aliphatic heterocycles. The van der Waals surface area contributed by atoms with Gasteiger partial charge in [-0.15, -0.1) is 6.58 Å². The van der Waals surface area contributed by atoms with Crippen molar-refractivity contribution in [2.24, 2.45) is 0 Å². The Balaban J connectivity index is 2.25. The van der Waals surface area contributed by atoms with Crippen LogP contribution in [-0.4, -0.2) is 60.9 Å². The van der Waals surface area contributed by atoms with Crippen LogP contribution >= 0.6 is 0 Å². The molecule has 2 aromatic rings. The lowest BCUT2D eigenvalue weighted by atomic mass is 10.2. The van der Waals surface area contributed by atoms with Crippen LogP contribution in [0.5, 0.6) is 11.5 Å². The van der Waals surface area contributed by atoms with E-state index in [1.807, 2.05) is 0 Å². The molecule has 12 heteroatoms. The fourth-order valence-corrected chi connectivity index (χ4v) is 2.94. The van der Waals surface area contributed by atoms with Crippen molar-refractivity contribution < 1.29 is 29.6 Å². The summed E-state index contributed by atoms with van der Waals surface area (Å²) in [5.41, 5.74) is -3.08. The Morgan fingerprint density at radius 2 is 1.64 bits per heavy atom. The number of carbonyl (C=O) groups excluding carboxylic acids is 1. The number of rotatable bonds is 11. The van der Waals surface area contributed by atoms with Gasteiger partial charge in [0.1, 0.15) is 29.8 Å². The molecule has 0 fully saturated rings. The maximum Gasteiger partial charge on any atom is 0.342 e. The van der Waals surface area contributed by atoms with Crippen LogP contribution in [0.3, 0.4) is 0 Å². The molecule has 0 saturated heterocycles. The van der Waals surface area contributed by atoms with Crippen LogP contribution in [-0.2, 0) is 24.4 Å². The topological polar surface area (TPSA) is 162 Å². The second kappa shape index (κ2) is 11.3. The number of nitrogens with zero attached hydrogens (tertiary/aromatic N) is 3. The Morgan fingerprint density at radius 1 is 1.06 bits per heavy atom. The van der Waals surface area contributed by atoms with Gasteiger partial charge in [-0.2, -0.15) is 0 Å². The highest BCUT2D eigenvalue weighted by Gasteiger charge is 2.21. The minimum atomic E-state index is -1.49. The van der Waals surface area contributed by atoms with Crippen LogP contribution in [0.2, 0.25) is 0 Å². The Kier molecular flexibility index (Phi) is 8.77. The van der Waals surface area contributed by atoms with Crippen LogP contribution in [0.4, 0.5) is 0 Å². The van der Waals surface area contributed by atoms with Crippen molar-refractivity contribution in [3.63, 3.8) is 0 Å². The first kappa shape index (κ1) is 25.6. The molecular formula is C21H27N3O9. The Hall–Kier alpha value is -3.64. The van der Waals surface area contributed by atoms with Crippen molar-refractivity contribution in [2.75, 3.05) is 13.7 Å². The van der Waals surface area contributed by atoms with Crippen LogP contribution in [0.1, 0.15) is 23.7 Å². The second-order valence-electron chi connectivity index (χ2n) is 7.17. The zero-order valence-corrected chi connectivity index (χ0v) is 18.3. The summed E-state index contributed by atoms with van der Waals surface area (Å²) in [4.78, 5) is 50.1. The van der Waals surface area contributed by atoms with Gasteiger partial charge in [-0.25, -0.2) is 32.9 Å². The first-order chi connectivity index (χ1) is 15.6. The first-order valence-electron chi connectivity index (χ1n) is 10.1. The van der Waals surface area contributed by atoms with Gasteiger partial charge in [0.05, 0.1) is 32.8 Å². The summed E-state index contributed by atoms with van der Waals surface area (Å²) in [7, 11) is 1.39. The minimum absolute atomic E-state index is 0.171. The molecule has 2 atom stereocenters. The third kappa shape index (κ3) is 5.99. The van der Waals surface area contributed by atoms with Crippen LogP contribution in [0.15, 0.2) is 45.2 Å². The number of methoxy groups -OCH3 is 1. The van der Waals surface area contributed by atoms with E-state index in [1.165, 1.54) is 31.4 Å². The van der Waals surface area contributed by atoms with E-state index in [0.717, 1.165) is 4.57 Å². The van der Waals surface area contributed by atoms with Gasteiger partial charge in [0.25, 0.3) is 0 Å². The molecule has 0 amide bonds. The summed E-state index contributed by atoms with van der Waals surface area (Å²) in [5.74, 6) is -1.01. The number of phenolic OH excluding ortho intramolecular Hbond substituents is 1. The van der Waals surface area contributed by atoms with E-state index < -0.39 is 48.4 Å². The van der Waals surface area contributed by atoms with Crippen molar-refractivity contribution in [3.05, 3.63) is 67.9 Å². The maximum atomic E-state index is 12.7. The number of carbonyl (C=O) groups is 1. The fourth-order valence-electron chi connectivity index (χ4n) is 2.94. The molecule has 12 nitrogen and oxygen atoms in total. The largest absolute Gasteiger partial charge is 0.507 e. The van der Waals surface area contributed by atoms with Gasteiger partial charge >= 0.3 is 23.0 Å². The second-order valence-corrected chi connectivity index (χ2v) is 7.17. The lowest BCUT2D eigenvalue weighted by Gasteiger charge is -2.17. The SMILES string of the molecule is C=CCn1c(=O)n(CC(O)CC)c(=O)n(CC(O)COC(=O)c2ccc(OC)cc2O)c1=O. The number of aliphatic hydroxyl groups is 2. The average molecular weight is 465 g/mol. The summed E-state index contributed by atoms with van der Waals surface area (Å²) in [6, 6.07) is 3.92. The van der Waals surface area contributed by atoms with Crippen molar-refractivity contribution in [1.82, 2.24) is 13.7 Å². The van der Waals surface area contributed by atoms with Gasteiger partial charge in [0, 0.05) is 6.07 Å². The number of aromatic nitrogens is 3. The molecule has 0 saturated carbocycles. The van der Waals surface area contributed by atoms with Crippen molar-refractivity contribution in [2.45, 2.75) is 45.2 Å². The highest BCUT2D eigenvalue weighted by Crippen LogP contribution is 2.23. The Bertz CT molecular complexity index is 1180. The zero-order chi connectivity index (χ0) is 24.7. The van der Waals surface area contributed by atoms with E-state index in [1.54, 1.807) is 6.92 Å². The van der Waals surface area contributed by atoms with Crippen molar-refractivity contribution >= 4 is 5.97 Å². The number of phenols is 1. The molecule has 180 valence electrons. The summed E-state index contributed by atoms with van der Waals surface area (Å²) < 4.78 is 12.0. The van der Waals surface area contributed by atoms with Crippen LogP contribution < -0.4 is 21.8 Å². The third-order valence-corrected chi connectivity index (χ3v) is 4.79. The number of aliphatic hydroxyl groups excluding tert-OH is 2. The van der Waals surface area contributed by atoms with Gasteiger partial charge in [-0.3, -0.25) is 0 Å². The molecule has 33 heavy (non-hydrogen) atoms. The van der Waals surface area contributed by atoms with Gasteiger partial charge in [-0.1, -0.05) is 13.0 Å². The molecule has 0 bridgehead atoms. The highest BCUT2D eigenvalue weighted by atomic mass is 16.5. The lowest BCUT2D eigenvalue weighted by Crippen LogP contribution is -2.56. The lowest BCUT2D eigenvalue weighted by molar-refractivity contribution is 0.0204. The van der Waals surface area contributed by atoms with E-state index in [9.17, 15) is 34.5 Å². The monoisotopic (exact) mass is 465 g/mol. The van der Waals surface area contributed by atoms with E-state index in [2.05, 4.69) is 6.58 Å². The Morgan fingerprint density at radius 3 is 2.15 bits per heavy atom. The number of esters is 1. The Labute approximate surface area is 188 Å². The van der Waals surface area contributed by atoms with Gasteiger partial charge < -0.3 is 24.8 Å². The third-order valence-electron chi connectivity index (χ3n) is 4.79. The standard InChI is InChI=1S/C21H27N3O9/c1-4-8-22-19(29)23(10-13(25)5-2)21(31)24(20(22)30)11-14(26)12-33-18(28)16-7-6-15(32-3)9-17(16)27/h4,6-7,9,13-14,25-27H,1,5,8,10-12H2,2-3H3. The molecular weight excluding hydrogens is 438 g/mol. The predicted octanol–water partition coefficient (Wildman–Crippen LogP) is -0.939. The normalized spacial score (nSPS) is 12.7. The molecule has 1 aromatic heterocycles. The van der Waals surface area contributed by atoms with Crippen LogP contribution in [0.25, 0.3) is 0 Å². The smallest absolute Gasteiger partial charge is 0.342 e. The quantitative estimate of drug-likeness (QED) is 0.281. The first-order valence-corrected chi connectivity index (χ1v) is 10.1. The molecule has 0 spiro atoms. The fraction of sp³-hybridized carbons (Fsp3) is 0.429. The van der Waals surface area contributed by atoms with Gasteiger partial charge in [0.2, 0.25) is 0 Å². The molecule has 0 aliphatic carbocycles. The van der Waals surface area contributed by atoms with E-state index >= 15 is 0 Å². The molecule has 1 aromatic carbocycles. The van der Waals surface area contributed by atoms with Crippen molar-refractivity contribution in [1.29, 1.82) is 0 Å². The van der Waals surface area contributed by atoms with E-state index in [0.29, 0.717) is 14.9 Å². The van der Waals surface area contributed by atoms with Crippen molar-refractivity contribution in [3.8, 4) is 11.5 Å². The van der Waals surface area contributed by atoms with Gasteiger partial charge in [0.15, 0.2) is 0 Å². The number of benzene rings is 1. The molecule has 0 radical (unpaired) electrons.